The van der Waals surface area contributed by atoms with Crippen LogP contribution in [0, 0.1) is 0 Å². The zero-order valence-electron chi connectivity index (χ0n) is 10.2. The van der Waals surface area contributed by atoms with Crippen molar-refractivity contribution in [1.29, 1.82) is 0 Å². The van der Waals surface area contributed by atoms with Crippen molar-refractivity contribution < 1.29 is 14.4 Å². The Morgan fingerprint density at radius 3 is 2.75 bits per heavy atom. The standard InChI is InChI=1S/C11H20N2O3/c1-11(2,3)15-10(14)13-7-5-6-9(8-13)16-12-4/h9H,4-8H2,1-3H3. The van der Waals surface area contributed by atoms with E-state index < -0.39 is 5.60 Å². The van der Waals surface area contributed by atoms with Gasteiger partial charge in [-0.2, -0.15) is 0 Å². The van der Waals surface area contributed by atoms with E-state index in [1.54, 1.807) is 4.90 Å². The SMILES string of the molecule is C=NOC1CCCN(C(=O)OC(C)(C)C)C1. The molecule has 0 aromatic heterocycles. The number of amides is 1. The van der Waals surface area contributed by atoms with Crippen LogP contribution in [0.1, 0.15) is 33.6 Å². The molecule has 0 bridgehead atoms. The lowest BCUT2D eigenvalue weighted by Gasteiger charge is -2.32. The van der Waals surface area contributed by atoms with E-state index >= 15 is 0 Å². The van der Waals surface area contributed by atoms with Crippen molar-refractivity contribution in [2.45, 2.75) is 45.3 Å². The molecule has 16 heavy (non-hydrogen) atoms. The van der Waals surface area contributed by atoms with Crippen LogP contribution in [-0.4, -0.2) is 42.5 Å². The quantitative estimate of drug-likeness (QED) is 0.536. The normalized spacial score (nSPS) is 21.4. The predicted octanol–water partition coefficient (Wildman–Crippen LogP) is 2.02. The molecule has 1 fully saturated rings. The minimum atomic E-state index is -0.457. The lowest BCUT2D eigenvalue weighted by atomic mass is 10.1. The number of oxime groups is 1. The van der Waals surface area contributed by atoms with Gasteiger partial charge in [-0.3, -0.25) is 0 Å². The molecule has 5 heteroatoms. The summed E-state index contributed by atoms with van der Waals surface area (Å²) in [5, 5.41) is 3.40. The van der Waals surface area contributed by atoms with Gasteiger partial charge in [0.2, 0.25) is 0 Å². The van der Waals surface area contributed by atoms with E-state index in [-0.39, 0.29) is 12.2 Å². The molecule has 1 saturated heterocycles. The fourth-order valence-electron chi connectivity index (χ4n) is 1.62. The molecule has 0 aromatic rings. The van der Waals surface area contributed by atoms with Gasteiger partial charge in [0.1, 0.15) is 11.7 Å². The van der Waals surface area contributed by atoms with Crippen LogP contribution in [0.15, 0.2) is 5.16 Å². The van der Waals surface area contributed by atoms with Crippen LogP contribution in [0.25, 0.3) is 0 Å². The van der Waals surface area contributed by atoms with E-state index in [0.717, 1.165) is 12.8 Å². The Labute approximate surface area is 96.4 Å². The Morgan fingerprint density at radius 1 is 1.50 bits per heavy atom. The highest BCUT2D eigenvalue weighted by Crippen LogP contribution is 2.17. The van der Waals surface area contributed by atoms with Crippen LogP contribution in [0.3, 0.4) is 0 Å². The fourth-order valence-corrected chi connectivity index (χ4v) is 1.62. The number of likely N-dealkylation sites (tertiary alicyclic amines) is 1. The number of hydrogen-bond acceptors (Lipinski definition) is 4. The molecule has 0 N–H and O–H groups in total. The van der Waals surface area contributed by atoms with Crippen molar-refractivity contribution in [2.75, 3.05) is 13.1 Å². The number of carbonyl (C=O) groups excluding carboxylic acids is 1. The molecule has 1 atom stereocenters. The first kappa shape index (κ1) is 12.8. The van der Waals surface area contributed by atoms with Gasteiger partial charge in [-0.1, -0.05) is 0 Å². The maximum atomic E-state index is 11.8. The molecule has 1 amide bonds. The lowest BCUT2D eigenvalue weighted by molar-refractivity contribution is -0.0181. The second kappa shape index (κ2) is 5.18. The number of nitrogens with zero attached hydrogens (tertiary/aromatic N) is 2. The van der Waals surface area contributed by atoms with Gasteiger partial charge in [-0.25, -0.2) is 4.79 Å². The first-order valence-electron chi connectivity index (χ1n) is 5.52. The zero-order chi connectivity index (χ0) is 12.2. The molecule has 1 aliphatic heterocycles. The van der Waals surface area contributed by atoms with Crippen LogP contribution in [0.4, 0.5) is 4.79 Å². The van der Waals surface area contributed by atoms with Crippen molar-refractivity contribution in [3.63, 3.8) is 0 Å². The summed E-state index contributed by atoms with van der Waals surface area (Å²) in [6.07, 6.45) is 1.46. The number of rotatable bonds is 2. The zero-order valence-corrected chi connectivity index (χ0v) is 10.2. The van der Waals surface area contributed by atoms with Crippen LogP contribution < -0.4 is 0 Å². The van der Waals surface area contributed by atoms with Crippen molar-refractivity contribution in [1.82, 2.24) is 4.90 Å². The Kier molecular flexibility index (Phi) is 4.15. The summed E-state index contributed by atoms with van der Waals surface area (Å²) in [7, 11) is 0. The summed E-state index contributed by atoms with van der Waals surface area (Å²) in [4.78, 5) is 18.5. The molecule has 5 nitrogen and oxygen atoms in total. The average molecular weight is 228 g/mol. The second-order valence-corrected chi connectivity index (χ2v) is 4.93. The van der Waals surface area contributed by atoms with E-state index in [1.807, 2.05) is 20.8 Å². The molecular formula is C11H20N2O3. The number of carbonyl (C=O) groups is 1. The Bertz CT molecular complexity index is 260. The van der Waals surface area contributed by atoms with Gasteiger partial charge in [0.05, 0.1) is 6.54 Å². The van der Waals surface area contributed by atoms with E-state index in [1.165, 1.54) is 0 Å². The third-order valence-electron chi connectivity index (χ3n) is 2.25. The summed E-state index contributed by atoms with van der Waals surface area (Å²) >= 11 is 0. The van der Waals surface area contributed by atoms with Crippen LogP contribution >= 0.6 is 0 Å². The molecule has 0 aromatic carbocycles. The van der Waals surface area contributed by atoms with E-state index in [9.17, 15) is 4.79 Å². The summed E-state index contributed by atoms with van der Waals surface area (Å²) < 4.78 is 5.29. The monoisotopic (exact) mass is 228 g/mol. The van der Waals surface area contributed by atoms with Crippen LogP contribution in [-0.2, 0) is 9.57 Å². The highest BCUT2D eigenvalue weighted by Gasteiger charge is 2.28. The van der Waals surface area contributed by atoms with Crippen molar-refractivity contribution in [3.05, 3.63) is 0 Å². The minimum Gasteiger partial charge on any atom is -0.444 e. The van der Waals surface area contributed by atoms with Crippen molar-refractivity contribution in [2.24, 2.45) is 5.16 Å². The molecule has 0 aliphatic carbocycles. The van der Waals surface area contributed by atoms with Crippen LogP contribution in [0.5, 0.6) is 0 Å². The highest BCUT2D eigenvalue weighted by atomic mass is 16.6. The molecular weight excluding hydrogens is 208 g/mol. The van der Waals surface area contributed by atoms with Gasteiger partial charge >= 0.3 is 6.09 Å². The average Bonchev–Trinajstić information content (AvgIpc) is 2.16. The summed E-state index contributed by atoms with van der Waals surface area (Å²) in [6.45, 7) is 10.1. The molecule has 0 radical (unpaired) electrons. The van der Waals surface area contributed by atoms with Crippen molar-refractivity contribution >= 4 is 12.8 Å². The first-order chi connectivity index (χ1) is 7.42. The third-order valence-corrected chi connectivity index (χ3v) is 2.25. The fraction of sp³-hybridized carbons (Fsp3) is 0.818. The van der Waals surface area contributed by atoms with E-state index in [0.29, 0.717) is 13.1 Å². The maximum absolute atomic E-state index is 11.8. The van der Waals surface area contributed by atoms with Gasteiger partial charge in [0.25, 0.3) is 0 Å². The molecule has 1 heterocycles. The number of piperidine rings is 1. The molecule has 1 aliphatic rings. The van der Waals surface area contributed by atoms with E-state index in [2.05, 4.69) is 11.9 Å². The molecule has 0 spiro atoms. The summed E-state index contributed by atoms with van der Waals surface area (Å²) in [5.41, 5.74) is -0.457. The van der Waals surface area contributed by atoms with Crippen molar-refractivity contribution in [3.8, 4) is 0 Å². The number of ether oxygens (including phenoxy) is 1. The van der Waals surface area contributed by atoms with E-state index in [4.69, 9.17) is 9.57 Å². The van der Waals surface area contributed by atoms with Gasteiger partial charge in [0, 0.05) is 13.3 Å². The summed E-state index contributed by atoms with van der Waals surface area (Å²) in [6, 6.07) is 0. The third kappa shape index (κ3) is 4.08. The molecule has 1 rings (SSSR count). The first-order valence-corrected chi connectivity index (χ1v) is 5.52. The molecule has 0 saturated carbocycles. The Morgan fingerprint density at radius 2 is 2.19 bits per heavy atom. The topological polar surface area (TPSA) is 51.1 Å². The molecule has 1 unspecified atom stereocenters. The van der Waals surface area contributed by atoms with Crippen LogP contribution in [0.2, 0.25) is 0 Å². The van der Waals surface area contributed by atoms with Gasteiger partial charge < -0.3 is 14.5 Å². The highest BCUT2D eigenvalue weighted by molar-refractivity contribution is 5.68. The predicted molar refractivity (Wildman–Crippen MR) is 61.5 cm³/mol. The van der Waals surface area contributed by atoms with Gasteiger partial charge in [-0.05, 0) is 33.6 Å². The minimum absolute atomic E-state index is 0.0567. The van der Waals surface area contributed by atoms with Gasteiger partial charge in [0.15, 0.2) is 0 Å². The molecule has 92 valence electrons. The maximum Gasteiger partial charge on any atom is 0.410 e. The summed E-state index contributed by atoms with van der Waals surface area (Å²) in [5.74, 6) is 0. The number of hydrogen-bond donors (Lipinski definition) is 0. The Hall–Kier alpha value is -1.26. The largest absolute Gasteiger partial charge is 0.444 e. The van der Waals surface area contributed by atoms with Gasteiger partial charge in [-0.15, -0.1) is 5.16 Å². The second-order valence-electron chi connectivity index (χ2n) is 4.93. The lowest BCUT2D eigenvalue weighted by Crippen LogP contribution is -2.45. The Balaban J connectivity index is 2.47. The smallest absolute Gasteiger partial charge is 0.410 e.